The van der Waals surface area contributed by atoms with Gasteiger partial charge in [-0.05, 0) is 41.1 Å². The lowest BCUT2D eigenvalue weighted by Gasteiger charge is -2.20. The Morgan fingerprint density at radius 2 is 1.65 bits per heavy atom. The van der Waals surface area contributed by atoms with E-state index >= 15 is 0 Å². The van der Waals surface area contributed by atoms with E-state index in [-0.39, 0.29) is 10.6 Å². The Kier molecular flexibility index (Phi) is 4.12. The number of sulfonamides is 1. The summed E-state index contributed by atoms with van der Waals surface area (Å²) in [5.41, 5.74) is 0.00126. The van der Waals surface area contributed by atoms with Gasteiger partial charge in [0.1, 0.15) is 5.82 Å². The highest BCUT2D eigenvalue weighted by Gasteiger charge is 2.23. The van der Waals surface area contributed by atoms with E-state index in [1.54, 1.807) is 18.2 Å². The van der Waals surface area contributed by atoms with Crippen LogP contribution < -0.4 is 4.31 Å². The molecule has 6 heteroatoms. The summed E-state index contributed by atoms with van der Waals surface area (Å²) >= 11 is 3.16. The lowest BCUT2D eigenvalue weighted by Crippen LogP contribution is -2.27. The molecule has 0 unspecified atom stereocenters. The van der Waals surface area contributed by atoms with Crippen LogP contribution in [0.1, 0.15) is 0 Å². The number of rotatable bonds is 3. The van der Waals surface area contributed by atoms with Gasteiger partial charge in [0.2, 0.25) is 0 Å². The molecule has 3 aromatic rings. The molecule has 0 bridgehead atoms. The van der Waals surface area contributed by atoms with Gasteiger partial charge in [-0.1, -0.05) is 46.3 Å². The molecule has 3 aromatic carbocycles. The fraction of sp³-hybridized carbons (Fsp3) is 0.0588. The Morgan fingerprint density at radius 1 is 0.957 bits per heavy atom. The maximum Gasteiger partial charge on any atom is 0.264 e. The maximum absolute atomic E-state index is 14.1. The molecule has 0 aliphatic heterocycles. The van der Waals surface area contributed by atoms with E-state index in [0.717, 1.165) is 15.1 Å². The van der Waals surface area contributed by atoms with Crippen LogP contribution in [0, 0.1) is 5.82 Å². The van der Waals surface area contributed by atoms with Crippen molar-refractivity contribution < 1.29 is 12.8 Å². The molecule has 0 saturated carbocycles. The molecular formula is C17H13BrFNO2S. The van der Waals surface area contributed by atoms with Crippen LogP contribution in [0.4, 0.5) is 10.1 Å². The summed E-state index contributed by atoms with van der Waals surface area (Å²) in [6.45, 7) is 0. The molecule has 0 aliphatic carbocycles. The molecule has 0 aromatic heterocycles. The first-order chi connectivity index (χ1) is 10.9. The highest BCUT2D eigenvalue weighted by molar-refractivity contribution is 9.10. The smallest absolute Gasteiger partial charge is 0.264 e. The highest BCUT2D eigenvalue weighted by atomic mass is 79.9. The first kappa shape index (κ1) is 16.0. The summed E-state index contributed by atoms with van der Waals surface area (Å²) in [6, 6.07) is 16.6. The number of hydrogen-bond donors (Lipinski definition) is 0. The number of hydrogen-bond acceptors (Lipinski definition) is 2. The SMILES string of the molecule is CN(c1ccc(Br)cc1F)S(=O)(=O)c1ccc2ccccc2c1. The van der Waals surface area contributed by atoms with Gasteiger partial charge in [0.25, 0.3) is 10.0 Å². The zero-order chi connectivity index (χ0) is 16.6. The fourth-order valence-corrected chi connectivity index (χ4v) is 3.92. The predicted molar refractivity (Wildman–Crippen MR) is 93.6 cm³/mol. The minimum absolute atomic E-state index is 0.00126. The molecular weight excluding hydrogens is 381 g/mol. The third kappa shape index (κ3) is 2.96. The van der Waals surface area contributed by atoms with E-state index in [2.05, 4.69) is 15.9 Å². The van der Waals surface area contributed by atoms with Crippen LogP contribution in [0.25, 0.3) is 10.8 Å². The summed E-state index contributed by atoms with van der Waals surface area (Å²) < 4.78 is 41.1. The van der Waals surface area contributed by atoms with Gasteiger partial charge in [-0.3, -0.25) is 4.31 Å². The molecule has 0 aliphatic rings. The first-order valence-electron chi connectivity index (χ1n) is 6.82. The zero-order valence-electron chi connectivity index (χ0n) is 12.2. The fourth-order valence-electron chi connectivity index (χ4n) is 2.35. The van der Waals surface area contributed by atoms with Crippen molar-refractivity contribution >= 4 is 42.4 Å². The number of benzene rings is 3. The monoisotopic (exact) mass is 393 g/mol. The third-order valence-corrected chi connectivity index (χ3v) is 5.89. The molecule has 0 heterocycles. The van der Waals surface area contributed by atoms with Crippen LogP contribution in [0.5, 0.6) is 0 Å². The van der Waals surface area contributed by atoms with Crippen LogP contribution in [-0.4, -0.2) is 15.5 Å². The topological polar surface area (TPSA) is 37.4 Å². The van der Waals surface area contributed by atoms with E-state index in [1.165, 1.54) is 25.2 Å². The predicted octanol–water partition coefficient (Wildman–Crippen LogP) is 4.57. The highest BCUT2D eigenvalue weighted by Crippen LogP contribution is 2.28. The normalized spacial score (nSPS) is 11.6. The summed E-state index contributed by atoms with van der Waals surface area (Å²) in [7, 11) is -2.50. The second-order valence-electron chi connectivity index (χ2n) is 5.08. The lowest BCUT2D eigenvalue weighted by molar-refractivity contribution is 0.589. The minimum atomic E-state index is -3.84. The number of fused-ring (bicyclic) bond motifs is 1. The van der Waals surface area contributed by atoms with Crippen LogP contribution in [0.2, 0.25) is 0 Å². The average Bonchev–Trinajstić information content (AvgIpc) is 2.53. The number of halogens is 2. The lowest BCUT2D eigenvalue weighted by atomic mass is 10.1. The van der Waals surface area contributed by atoms with Gasteiger partial charge in [-0.25, -0.2) is 12.8 Å². The Hall–Kier alpha value is -1.92. The molecule has 23 heavy (non-hydrogen) atoms. The van der Waals surface area contributed by atoms with E-state index in [9.17, 15) is 12.8 Å². The van der Waals surface area contributed by atoms with Crippen LogP contribution in [-0.2, 0) is 10.0 Å². The van der Waals surface area contributed by atoms with Crippen molar-refractivity contribution in [3.63, 3.8) is 0 Å². The molecule has 118 valence electrons. The average molecular weight is 394 g/mol. The minimum Gasteiger partial charge on any atom is -0.266 e. The largest absolute Gasteiger partial charge is 0.266 e. The van der Waals surface area contributed by atoms with Crippen LogP contribution >= 0.6 is 15.9 Å². The molecule has 0 atom stereocenters. The van der Waals surface area contributed by atoms with Crippen LogP contribution in [0.3, 0.4) is 0 Å². The molecule has 3 rings (SSSR count). The Balaban J connectivity index is 2.08. The van der Waals surface area contributed by atoms with Gasteiger partial charge in [0.05, 0.1) is 10.6 Å². The first-order valence-corrected chi connectivity index (χ1v) is 9.06. The van der Waals surface area contributed by atoms with Crippen molar-refractivity contribution in [2.45, 2.75) is 4.90 Å². The summed E-state index contributed by atoms with van der Waals surface area (Å²) in [6.07, 6.45) is 0. The number of anilines is 1. The molecule has 0 spiro atoms. The quantitative estimate of drug-likeness (QED) is 0.653. The Bertz CT molecular complexity index is 989. The molecule has 0 saturated heterocycles. The standard InChI is InChI=1S/C17H13BrFNO2S/c1-20(17-9-7-14(18)11-16(17)19)23(21,22)15-8-6-12-4-2-3-5-13(12)10-15/h2-11H,1H3. The van der Waals surface area contributed by atoms with Crippen LogP contribution in [0.15, 0.2) is 70.0 Å². The van der Waals surface area contributed by atoms with Gasteiger partial charge >= 0.3 is 0 Å². The van der Waals surface area contributed by atoms with E-state index in [4.69, 9.17) is 0 Å². The molecule has 3 nitrogen and oxygen atoms in total. The molecule has 0 radical (unpaired) electrons. The maximum atomic E-state index is 14.1. The molecule has 0 N–H and O–H groups in total. The van der Waals surface area contributed by atoms with Gasteiger partial charge in [-0.2, -0.15) is 0 Å². The summed E-state index contributed by atoms with van der Waals surface area (Å²) in [5.74, 6) is -0.605. The zero-order valence-corrected chi connectivity index (χ0v) is 14.6. The Labute approximate surface area is 142 Å². The number of nitrogens with zero attached hydrogens (tertiary/aromatic N) is 1. The van der Waals surface area contributed by atoms with E-state index < -0.39 is 15.8 Å². The second-order valence-corrected chi connectivity index (χ2v) is 7.96. The van der Waals surface area contributed by atoms with Gasteiger partial charge in [0.15, 0.2) is 0 Å². The van der Waals surface area contributed by atoms with Gasteiger partial charge in [-0.15, -0.1) is 0 Å². The van der Waals surface area contributed by atoms with E-state index in [1.807, 2.05) is 24.3 Å². The summed E-state index contributed by atoms with van der Waals surface area (Å²) in [5, 5.41) is 1.77. The van der Waals surface area contributed by atoms with E-state index in [0.29, 0.717) is 4.47 Å². The van der Waals surface area contributed by atoms with Crippen molar-refractivity contribution in [1.82, 2.24) is 0 Å². The summed E-state index contributed by atoms with van der Waals surface area (Å²) in [4.78, 5) is 0.126. The molecule has 0 fully saturated rings. The Morgan fingerprint density at radius 3 is 2.35 bits per heavy atom. The van der Waals surface area contributed by atoms with Gasteiger partial charge < -0.3 is 0 Å². The van der Waals surface area contributed by atoms with Crippen molar-refractivity contribution in [2.24, 2.45) is 0 Å². The molecule has 0 amide bonds. The van der Waals surface area contributed by atoms with Crippen molar-refractivity contribution in [3.05, 3.63) is 71.0 Å². The second kappa shape index (κ2) is 5.94. The van der Waals surface area contributed by atoms with Crippen molar-refractivity contribution in [2.75, 3.05) is 11.4 Å². The van der Waals surface area contributed by atoms with Crippen molar-refractivity contribution in [3.8, 4) is 0 Å². The van der Waals surface area contributed by atoms with Crippen molar-refractivity contribution in [1.29, 1.82) is 0 Å². The third-order valence-electron chi connectivity index (χ3n) is 3.63. The van der Waals surface area contributed by atoms with Gasteiger partial charge in [0, 0.05) is 11.5 Å².